The van der Waals surface area contributed by atoms with Crippen LogP contribution in [0.4, 0.5) is 0 Å². The van der Waals surface area contributed by atoms with Crippen molar-refractivity contribution in [1.29, 1.82) is 0 Å². The maximum Gasteiger partial charge on any atom is 0.243 e. The van der Waals surface area contributed by atoms with Crippen LogP contribution >= 0.6 is 0 Å². The predicted octanol–water partition coefficient (Wildman–Crippen LogP) is 0.921. The number of hydrogen-bond donors (Lipinski definition) is 1. The maximum absolute atomic E-state index is 12.0. The molecule has 1 aromatic rings. The molecule has 1 aliphatic heterocycles. The van der Waals surface area contributed by atoms with E-state index >= 15 is 0 Å². The lowest BCUT2D eigenvalue weighted by Gasteiger charge is -2.10. The minimum atomic E-state index is -3.47. The van der Waals surface area contributed by atoms with E-state index in [2.05, 4.69) is 9.82 Å². The third kappa shape index (κ3) is 3.09. The van der Waals surface area contributed by atoms with Crippen molar-refractivity contribution in [2.24, 2.45) is 0 Å². The second kappa shape index (κ2) is 5.38. The topological polar surface area (TPSA) is 73.2 Å². The first-order valence-electron chi connectivity index (χ1n) is 6.14. The summed E-state index contributed by atoms with van der Waals surface area (Å²) in [6, 6.07) is 0.145. The van der Waals surface area contributed by atoms with Gasteiger partial charge in [-0.05, 0) is 26.7 Å². The molecule has 7 heteroatoms. The van der Waals surface area contributed by atoms with E-state index in [4.69, 9.17) is 4.74 Å². The van der Waals surface area contributed by atoms with Crippen LogP contribution in [0.25, 0.3) is 0 Å². The van der Waals surface area contributed by atoms with Crippen molar-refractivity contribution in [3.8, 4) is 0 Å². The Balaban J connectivity index is 2.00. The number of rotatable bonds is 5. The van der Waals surface area contributed by atoms with Gasteiger partial charge in [0.1, 0.15) is 4.90 Å². The van der Waals surface area contributed by atoms with Crippen molar-refractivity contribution in [1.82, 2.24) is 14.5 Å². The molecule has 1 saturated heterocycles. The van der Waals surface area contributed by atoms with Gasteiger partial charge in [-0.2, -0.15) is 5.10 Å². The van der Waals surface area contributed by atoms with Gasteiger partial charge in [-0.15, -0.1) is 0 Å². The van der Waals surface area contributed by atoms with Crippen LogP contribution in [-0.4, -0.2) is 37.5 Å². The molecule has 102 valence electrons. The molecule has 0 aromatic carbocycles. The average Bonchev–Trinajstić information content (AvgIpc) is 2.98. The first kappa shape index (κ1) is 13.5. The second-order valence-corrected chi connectivity index (χ2v) is 6.50. The molecule has 18 heavy (non-hydrogen) atoms. The maximum atomic E-state index is 12.0. The summed E-state index contributed by atoms with van der Waals surface area (Å²) >= 11 is 0. The highest BCUT2D eigenvalue weighted by molar-refractivity contribution is 7.89. The summed E-state index contributed by atoms with van der Waals surface area (Å²) in [5.74, 6) is 0. The van der Waals surface area contributed by atoms with Crippen LogP contribution in [-0.2, 0) is 14.8 Å². The Hall–Kier alpha value is -0.920. The van der Waals surface area contributed by atoms with Crippen LogP contribution < -0.4 is 4.72 Å². The summed E-state index contributed by atoms with van der Waals surface area (Å²) < 4.78 is 33.6. The second-order valence-electron chi connectivity index (χ2n) is 4.74. The van der Waals surface area contributed by atoms with Gasteiger partial charge in [-0.25, -0.2) is 13.1 Å². The number of sulfonamides is 1. The van der Waals surface area contributed by atoms with Crippen LogP contribution in [0.15, 0.2) is 17.3 Å². The molecular weight excluding hydrogens is 254 g/mol. The Labute approximate surface area is 107 Å². The van der Waals surface area contributed by atoms with Gasteiger partial charge < -0.3 is 4.74 Å². The van der Waals surface area contributed by atoms with E-state index in [1.165, 1.54) is 6.20 Å². The van der Waals surface area contributed by atoms with Crippen molar-refractivity contribution >= 4 is 10.0 Å². The molecule has 0 spiro atoms. The number of nitrogens with zero attached hydrogens (tertiary/aromatic N) is 2. The molecule has 2 rings (SSSR count). The van der Waals surface area contributed by atoms with E-state index in [1.54, 1.807) is 10.9 Å². The molecule has 0 saturated carbocycles. The molecule has 1 aromatic heterocycles. The molecule has 1 fully saturated rings. The third-order valence-corrected chi connectivity index (χ3v) is 4.32. The summed E-state index contributed by atoms with van der Waals surface area (Å²) in [7, 11) is -3.47. The molecular formula is C11H19N3O3S. The molecule has 1 N–H and O–H groups in total. The Morgan fingerprint density at radius 2 is 2.39 bits per heavy atom. The quantitative estimate of drug-likeness (QED) is 0.866. The molecule has 0 aliphatic carbocycles. The van der Waals surface area contributed by atoms with E-state index in [1.807, 2.05) is 13.8 Å². The lowest BCUT2D eigenvalue weighted by molar-refractivity contribution is 0.114. The molecule has 1 atom stereocenters. The van der Waals surface area contributed by atoms with E-state index in [0.717, 1.165) is 19.4 Å². The zero-order valence-corrected chi connectivity index (χ0v) is 11.5. The molecule has 2 heterocycles. The van der Waals surface area contributed by atoms with Crippen molar-refractivity contribution < 1.29 is 13.2 Å². The van der Waals surface area contributed by atoms with Crippen LogP contribution in [0.2, 0.25) is 0 Å². The van der Waals surface area contributed by atoms with Crippen LogP contribution in [0, 0.1) is 0 Å². The van der Waals surface area contributed by atoms with Gasteiger partial charge in [-0.1, -0.05) is 0 Å². The normalized spacial score (nSPS) is 20.7. The summed E-state index contributed by atoms with van der Waals surface area (Å²) in [6.07, 6.45) is 4.83. The fourth-order valence-corrected chi connectivity index (χ4v) is 2.84. The lowest BCUT2D eigenvalue weighted by atomic mass is 10.2. The zero-order chi connectivity index (χ0) is 13.2. The summed E-state index contributed by atoms with van der Waals surface area (Å²) in [5.41, 5.74) is 0. The Morgan fingerprint density at radius 1 is 1.61 bits per heavy atom. The zero-order valence-electron chi connectivity index (χ0n) is 10.7. The Bertz CT molecular complexity index is 489. The average molecular weight is 273 g/mol. The summed E-state index contributed by atoms with van der Waals surface area (Å²) in [4.78, 5) is 0.203. The number of ether oxygens (including phenoxy) is 1. The van der Waals surface area contributed by atoms with Crippen molar-refractivity contribution in [2.45, 2.75) is 43.7 Å². The highest BCUT2D eigenvalue weighted by Crippen LogP contribution is 2.14. The van der Waals surface area contributed by atoms with Gasteiger partial charge in [0.05, 0.1) is 12.3 Å². The molecule has 0 radical (unpaired) electrons. The molecule has 1 unspecified atom stereocenters. The van der Waals surface area contributed by atoms with E-state index in [0.29, 0.717) is 6.54 Å². The smallest absolute Gasteiger partial charge is 0.243 e. The third-order valence-electron chi connectivity index (χ3n) is 2.94. The highest BCUT2D eigenvalue weighted by atomic mass is 32.2. The SMILES string of the molecule is CC(C)n1cc(S(=O)(=O)NCC2CCCO2)cn1. The summed E-state index contributed by atoms with van der Waals surface area (Å²) in [6.45, 7) is 4.94. The molecule has 0 bridgehead atoms. The molecule has 6 nitrogen and oxygen atoms in total. The van der Waals surface area contributed by atoms with Crippen molar-refractivity contribution in [3.05, 3.63) is 12.4 Å². The van der Waals surface area contributed by atoms with Gasteiger partial charge in [0.25, 0.3) is 0 Å². The lowest BCUT2D eigenvalue weighted by Crippen LogP contribution is -2.31. The highest BCUT2D eigenvalue weighted by Gasteiger charge is 2.21. The number of nitrogens with one attached hydrogen (secondary N) is 1. The first-order chi connectivity index (χ1) is 8.49. The Kier molecular flexibility index (Phi) is 4.04. The van der Waals surface area contributed by atoms with Gasteiger partial charge in [0.2, 0.25) is 10.0 Å². The van der Waals surface area contributed by atoms with E-state index in [-0.39, 0.29) is 17.0 Å². The Morgan fingerprint density at radius 3 is 2.94 bits per heavy atom. The van der Waals surface area contributed by atoms with Gasteiger partial charge in [-0.3, -0.25) is 4.68 Å². The van der Waals surface area contributed by atoms with Gasteiger partial charge in [0.15, 0.2) is 0 Å². The minimum Gasteiger partial charge on any atom is -0.377 e. The monoisotopic (exact) mass is 273 g/mol. The van der Waals surface area contributed by atoms with Crippen molar-refractivity contribution in [3.63, 3.8) is 0 Å². The first-order valence-corrected chi connectivity index (χ1v) is 7.63. The fourth-order valence-electron chi connectivity index (χ4n) is 1.83. The molecule has 1 aliphatic rings. The summed E-state index contributed by atoms with van der Waals surface area (Å²) in [5, 5.41) is 4.03. The number of hydrogen-bond acceptors (Lipinski definition) is 4. The largest absolute Gasteiger partial charge is 0.377 e. The fraction of sp³-hybridized carbons (Fsp3) is 0.727. The molecule has 0 amide bonds. The minimum absolute atomic E-state index is 0.0000753. The van der Waals surface area contributed by atoms with Gasteiger partial charge >= 0.3 is 0 Å². The number of aromatic nitrogens is 2. The van der Waals surface area contributed by atoms with Crippen LogP contribution in [0.3, 0.4) is 0 Å². The van der Waals surface area contributed by atoms with Crippen molar-refractivity contribution in [2.75, 3.05) is 13.2 Å². The van der Waals surface area contributed by atoms with Crippen LogP contribution in [0.1, 0.15) is 32.7 Å². The standard InChI is InChI=1S/C11H19N3O3S/c1-9(2)14-8-11(7-12-14)18(15,16)13-6-10-4-3-5-17-10/h7-10,13H,3-6H2,1-2H3. The van der Waals surface area contributed by atoms with E-state index < -0.39 is 10.0 Å². The van der Waals surface area contributed by atoms with E-state index in [9.17, 15) is 8.42 Å². The van der Waals surface area contributed by atoms with Gasteiger partial charge in [0, 0.05) is 25.4 Å². The van der Waals surface area contributed by atoms with Crippen LogP contribution in [0.5, 0.6) is 0 Å². The predicted molar refractivity (Wildman–Crippen MR) is 66.8 cm³/mol.